The molecule has 2 heterocycles. The summed E-state index contributed by atoms with van der Waals surface area (Å²) in [6.45, 7) is 12.0. The quantitative estimate of drug-likeness (QED) is 0.793. The van der Waals surface area contributed by atoms with Crippen molar-refractivity contribution < 1.29 is 14.4 Å². The van der Waals surface area contributed by atoms with Gasteiger partial charge in [0, 0.05) is 57.6 Å². The Bertz CT molecular complexity index is 499. The van der Waals surface area contributed by atoms with Gasteiger partial charge >= 0.3 is 0 Å². The molecule has 0 aromatic heterocycles. The zero-order chi connectivity index (χ0) is 18.6. The van der Waals surface area contributed by atoms with Crippen molar-refractivity contribution in [3.63, 3.8) is 0 Å². The largest absolute Gasteiger partial charge is 0.352 e. The Labute approximate surface area is 150 Å². The van der Waals surface area contributed by atoms with Crippen LogP contribution in [0.3, 0.4) is 0 Å². The van der Waals surface area contributed by atoms with Crippen LogP contribution in [0.4, 0.5) is 0 Å². The normalized spacial score (nSPS) is 20.5. The van der Waals surface area contributed by atoms with E-state index in [9.17, 15) is 14.4 Å². The van der Waals surface area contributed by atoms with Crippen LogP contribution in [0.25, 0.3) is 0 Å². The fraction of sp³-hybridized carbons (Fsp3) is 0.833. The number of rotatable bonds is 3. The van der Waals surface area contributed by atoms with Crippen LogP contribution >= 0.6 is 0 Å². The number of nitrogens with zero attached hydrogens (tertiary/aromatic N) is 3. The second kappa shape index (κ2) is 8.17. The zero-order valence-electron chi connectivity index (χ0n) is 16.0. The van der Waals surface area contributed by atoms with Gasteiger partial charge in [0.2, 0.25) is 17.7 Å². The Morgan fingerprint density at radius 3 is 1.96 bits per heavy atom. The minimum absolute atomic E-state index is 0.0388. The van der Waals surface area contributed by atoms with Crippen LogP contribution in [-0.2, 0) is 14.4 Å². The van der Waals surface area contributed by atoms with Gasteiger partial charge in [-0.05, 0) is 12.8 Å². The van der Waals surface area contributed by atoms with E-state index in [0.29, 0.717) is 32.7 Å². The molecule has 2 rings (SSSR count). The van der Waals surface area contributed by atoms with E-state index in [4.69, 9.17) is 0 Å². The smallest absolute Gasteiger partial charge is 0.234 e. The number of hydrogen-bond donors (Lipinski definition) is 1. The summed E-state index contributed by atoms with van der Waals surface area (Å²) >= 11 is 0. The fourth-order valence-electron chi connectivity index (χ4n) is 3.40. The molecule has 0 unspecified atom stereocenters. The number of nitrogens with one attached hydrogen (secondary N) is 1. The molecule has 3 amide bonds. The van der Waals surface area contributed by atoms with Gasteiger partial charge in [-0.1, -0.05) is 20.8 Å². The zero-order valence-corrected chi connectivity index (χ0v) is 16.0. The molecule has 0 aromatic rings. The first-order chi connectivity index (χ1) is 11.7. The number of amides is 3. The van der Waals surface area contributed by atoms with Crippen LogP contribution in [0.15, 0.2) is 0 Å². The predicted molar refractivity (Wildman–Crippen MR) is 95.9 cm³/mol. The minimum atomic E-state index is -0.353. The van der Waals surface area contributed by atoms with Gasteiger partial charge in [-0.25, -0.2) is 0 Å². The van der Waals surface area contributed by atoms with Gasteiger partial charge in [-0.2, -0.15) is 0 Å². The Hall–Kier alpha value is -1.63. The number of hydrogen-bond acceptors (Lipinski definition) is 4. The lowest BCUT2D eigenvalue weighted by Crippen LogP contribution is -2.54. The Kier molecular flexibility index (Phi) is 6.43. The highest BCUT2D eigenvalue weighted by molar-refractivity contribution is 5.82. The SMILES string of the molecule is CC(=O)N1CCC(NC(=O)CN2CCN(C(=O)C(C)(C)C)CC2)CC1. The summed E-state index contributed by atoms with van der Waals surface area (Å²) < 4.78 is 0. The summed E-state index contributed by atoms with van der Waals surface area (Å²) in [6.07, 6.45) is 1.64. The van der Waals surface area contributed by atoms with Crippen LogP contribution in [-0.4, -0.2) is 84.3 Å². The van der Waals surface area contributed by atoms with Crippen molar-refractivity contribution in [3.05, 3.63) is 0 Å². The van der Waals surface area contributed by atoms with Gasteiger partial charge in [-0.3, -0.25) is 19.3 Å². The maximum absolute atomic E-state index is 12.3. The number of piperidine rings is 1. The van der Waals surface area contributed by atoms with Crippen molar-refractivity contribution in [1.82, 2.24) is 20.0 Å². The average molecular weight is 352 g/mol. The third-order valence-corrected chi connectivity index (χ3v) is 4.97. The summed E-state index contributed by atoms with van der Waals surface area (Å²) in [5, 5.41) is 3.08. The minimum Gasteiger partial charge on any atom is -0.352 e. The third kappa shape index (κ3) is 5.70. The number of carbonyl (C=O) groups is 3. The molecule has 2 aliphatic heterocycles. The van der Waals surface area contributed by atoms with E-state index in [0.717, 1.165) is 25.9 Å². The number of carbonyl (C=O) groups excluding carboxylic acids is 3. The Morgan fingerprint density at radius 1 is 0.920 bits per heavy atom. The predicted octanol–water partition coefficient (Wildman–Crippen LogP) is 0.304. The molecule has 0 saturated carbocycles. The molecule has 0 bridgehead atoms. The van der Waals surface area contributed by atoms with Crippen molar-refractivity contribution in [3.8, 4) is 0 Å². The van der Waals surface area contributed by atoms with Crippen LogP contribution < -0.4 is 5.32 Å². The van der Waals surface area contributed by atoms with Gasteiger partial charge in [0.1, 0.15) is 0 Å². The molecule has 2 saturated heterocycles. The van der Waals surface area contributed by atoms with Crippen molar-refractivity contribution in [1.29, 1.82) is 0 Å². The maximum atomic E-state index is 12.3. The van der Waals surface area contributed by atoms with E-state index in [1.54, 1.807) is 6.92 Å². The van der Waals surface area contributed by atoms with E-state index in [2.05, 4.69) is 10.2 Å². The molecule has 2 fully saturated rings. The molecule has 25 heavy (non-hydrogen) atoms. The molecular weight excluding hydrogens is 320 g/mol. The molecule has 0 spiro atoms. The van der Waals surface area contributed by atoms with Gasteiger partial charge in [0.25, 0.3) is 0 Å². The third-order valence-electron chi connectivity index (χ3n) is 4.97. The highest BCUT2D eigenvalue weighted by atomic mass is 16.2. The van der Waals surface area contributed by atoms with Crippen LogP contribution in [0.2, 0.25) is 0 Å². The first-order valence-corrected chi connectivity index (χ1v) is 9.23. The summed E-state index contributed by atoms with van der Waals surface area (Å²) in [4.78, 5) is 41.7. The maximum Gasteiger partial charge on any atom is 0.234 e. The molecule has 142 valence electrons. The molecule has 7 nitrogen and oxygen atoms in total. The van der Waals surface area contributed by atoms with Crippen LogP contribution in [0, 0.1) is 5.41 Å². The number of piperazine rings is 1. The number of likely N-dealkylation sites (tertiary alicyclic amines) is 1. The average Bonchev–Trinajstić information content (AvgIpc) is 2.54. The van der Waals surface area contributed by atoms with E-state index >= 15 is 0 Å². The fourth-order valence-corrected chi connectivity index (χ4v) is 3.40. The lowest BCUT2D eigenvalue weighted by molar-refractivity contribution is -0.141. The van der Waals surface area contributed by atoms with Gasteiger partial charge in [0.15, 0.2) is 0 Å². The van der Waals surface area contributed by atoms with Crippen LogP contribution in [0.1, 0.15) is 40.5 Å². The van der Waals surface area contributed by atoms with Gasteiger partial charge < -0.3 is 15.1 Å². The summed E-state index contributed by atoms with van der Waals surface area (Å²) in [5.74, 6) is 0.318. The van der Waals surface area contributed by atoms with Gasteiger partial charge in [-0.15, -0.1) is 0 Å². The highest BCUT2D eigenvalue weighted by Crippen LogP contribution is 2.18. The Balaban J connectivity index is 1.69. The monoisotopic (exact) mass is 352 g/mol. The first-order valence-electron chi connectivity index (χ1n) is 9.23. The summed E-state index contributed by atoms with van der Waals surface area (Å²) in [5.41, 5.74) is -0.353. The van der Waals surface area contributed by atoms with Gasteiger partial charge in [0.05, 0.1) is 6.54 Å². The lowest BCUT2D eigenvalue weighted by Gasteiger charge is -2.37. The Morgan fingerprint density at radius 2 is 1.48 bits per heavy atom. The lowest BCUT2D eigenvalue weighted by atomic mass is 9.94. The standard InChI is InChI=1S/C18H32N4O3/c1-14(23)21-7-5-15(6-8-21)19-16(24)13-20-9-11-22(12-10-20)17(25)18(2,3)4/h15H,5-13H2,1-4H3,(H,19,24). The van der Waals surface area contributed by atoms with E-state index in [1.807, 2.05) is 30.6 Å². The first kappa shape index (κ1) is 19.7. The molecule has 7 heteroatoms. The molecular formula is C18H32N4O3. The molecule has 2 aliphatic rings. The topological polar surface area (TPSA) is 73.0 Å². The molecule has 1 N–H and O–H groups in total. The molecule has 0 radical (unpaired) electrons. The van der Waals surface area contributed by atoms with Crippen molar-refractivity contribution in [2.75, 3.05) is 45.8 Å². The van der Waals surface area contributed by atoms with Crippen LogP contribution in [0.5, 0.6) is 0 Å². The van der Waals surface area contributed by atoms with E-state index in [-0.39, 0.29) is 29.2 Å². The van der Waals surface area contributed by atoms with Crippen molar-refractivity contribution in [2.24, 2.45) is 5.41 Å². The highest BCUT2D eigenvalue weighted by Gasteiger charge is 2.30. The van der Waals surface area contributed by atoms with Crippen molar-refractivity contribution >= 4 is 17.7 Å². The second-order valence-corrected chi connectivity index (χ2v) is 8.17. The molecule has 0 aromatic carbocycles. The molecule has 0 aliphatic carbocycles. The van der Waals surface area contributed by atoms with E-state index in [1.165, 1.54) is 0 Å². The summed E-state index contributed by atoms with van der Waals surface area (Å²) in [6, 6.07) is 0.159. The summed E-state index contributed by atoms with van der Waals surface area (Å²) in [7, 11) is 0. The molecule has 0 atom stereocenters. The van der Waals surface area contributed by atoms with Crippen molar-refractivity contribution in [2.45, 2.75) is 46.6 Å². The second-order valence-electron chi connectivity index (χ2n) is 8.17. The van der Waals surface area contributed by atoms with E-state index < -0.39 is 0 Å².